The maximum absolute atomic E-state index is 13.6. The number of nitrogens with zero attached hydrogens (tertiary/aromatic N) is 2. The SMILES string of the molecule is O=C(Cc1ccsc1)N1CC2(C[C@H](Oc3ncccc3F)CS2)C1. The molecule has 2 aromatic rings. The molecule has 0 saturated carbocycles. The molecular formula is C17H17FN2O2S2. The number of aromatic nitrogens is 1. The fourth-order valence-electron chi connectivity index (χ4n) is 3.22. The number of hydrogen-bond donors (Lipinski definition) is 0. The number of pyridine rings is 1. The third kappa shape index (κ3) is 3.15. The van der Waals surface area contributed by atoms with Gasteiger partial charge in [-0.25, -0.2) is 9.37 Å². The Morgan fingerprint density at radius 2 is 2.33 bits per heavy atom. The number of carbonyl (C=O) groups excluding carboxylic acids is 1. The van der Waals surface area contributed by atoms with Gasteiger partial charge in [-0.3, -0.25) is 4.79 Å². The highest BCUT2D eigenvalue weighted by Crippen LogP contribution is 2.46. The summed E-state index contributed by atoms with van der Waals surface area (Å²) in [6.45, 7) is 1.51. The van der Waals surface area contributed by atoms with Gasteiger partial charge in [0.15, 0.2) is 5.82 Å². The first-order valence-corrected chi connectivity index (χ1v) is 9.76. The first-order chi connectivity index (χ1) is 11.6. The zero-order valence-corrected chi connectivity index (χ0v) is 14.6. The summed E-state index contributed by atoms with van der Waals surface area (Å²) in [5.74, 6) is 0.636. The summed E-state index contributed by atoms with van der Waals surface area (Å²) in [6.07, 6.45) is 2.79. The van der Waals surface area contributed by atoms with Crippen LogP contribution in [0.1, 0.15) is 12.0 Å². The van der Waals surface area contributed by atoms with E-state index < -0.39 is 5.82 Å². The van der Waals surface area contributed by atoms with Gasteiger partial charge in [0.1, 0.15) is 6.10 Å². The van der Waals surface area contributed by atoms with Crippen molar-refractivity contribution in [3.05, 3.63) is 46.5 Å². The van der Waals surface area contributed by atoms with E-state index >= 15 is 0 Å². The van der Waals surface area contributed by atoms with E-state index in [0.717, 1.165) is 30.8 Å². The third-order valence-corrected chi connectivity index (χ3v) is 6.73. The van der Waals surface area contributed by atoms with Crippen LogP contribution in [0.5, 0.6) is 5.88 Å². The molecule has 2 fully saturated rings. The number of thiophene rings is 1. The summed E-state index contributed by atoms with van der Waals surface area (Å²) in [7, 11) is 0. The van der Waals surface area contributed by atoms with Crippen molar-refractivity contribution in [3.63, 3.8) is 0 Å². The van der Waals surface area contributed by atoms with Gasteiger partial charge < -0.3 is 9.64 Å². The maximum Gasteiger partial charge on any atom is 0.250 e. The van der Waals surface area contributed by atoms with Crippen molar-refractivity contribution >= 4 is 29.0 Å². The standard InChI is InChI=1S/C17H17FN2O2S2/c18-14-2-1-4-19-16(14)22-13-7-17(24-9-13)10-20(11-17)15(21)6-12-3-5-23-8-12/h1-5,8,13H,6-7,9-11H2/t13-/m0/s1. The Kier molecular flexibility index (Phi) is 4.22. The molecule has 4 heterocycles. The Hall–Kier alpha value is -1.60. The molecule has 0 radical (unpaired) electrons. The van der Waals surface area contributed by atoms with E-state index in [-0.39, 0.29) is 22.6 Å². The average Bonchev–Trinajstić information content (AvgIpc) is 3.18. The molecule has 24 heavy (non-hydrogen) atoms. The third-order valence-electron chi connectivity index (χ3n) is 4.42. The smallest absolute Gasteiger partial charge is 0.250 e. The summed E-state index contributed by atoms with van der Waals surface area (Å²) < 4.78 is 19.4. The number of amides is 1. The Balaban J connectivity index is 1.30. The van der Waals surface area contributed by atoms with Crippen molar-refractivity contribution in [2.45, 2.75) is 23.7 Å². The van der Waals surface area contributed by atoms with E-state index in [1.165, 1.54) is 12.3 Å². The van der Waals surface area contributed by atoms with Crippen LogP contribution < -0.4 is 4.74 Å². The van der Waals surface area contributed by atoms with Crippen molar-refractivity contribution in [2.24, 2.45) is 0 Å². The van der Waals surface area contributed by atoms with Crippen LogP contribution in [0, 0.1) is 5.82 Å². The summed E-state index contributed by atoms with van der Waals surface area (Å²) in [4.78, 5) is 18.1. The second kappa shape index (κ2) is 6.37. The van der Waals surface area contributed by atoms with E-state index in [4.69, 9.17) is 4.74 Å². The average molecular weight is 364 g/mol. The van der Waals surface area contributed by atoms with Crippen molar-refractivity contribution < 1.29 is 13.9 Å². The minimum absolute atomic E-state index is 0.0477. The molecular weight excluding hydrogens is 347 g/mol. The van der Waals surface area contributed by atoms with Crippen LogP contribution >= 0.6 is 23.1 Å². The van der Waals surface area contributed by atoms with Crippen molar-refractivity contribution in [1.82, 2.24) is 9.88 Å². The summed E-state index contributed by atoms with van der Waals surface area (Å²) >= 11 is 3.44. The highest BCUT2D eigenvalue weighted by Gasteiger charge is 2.51. The molecule has 0 aromatic carbocycles. The molecule has 2 aliphatic heterocycles. The number of halogens is 1. The van der Waals surface area contributed by atoms with Crippen LogP contribution in [0.2, 0.25) is 0 Å². The van der Waals surface area contributed by atoms with Gasteiger partial charge in [-0.15, -0.1) is 11.8 Å². The topological polar surface area (TPSA) is 42.4 Å². The fraction of sp³-hybridized carbons (Fsp3) is 0.412. The molecule has 2 aromatic heterocycles. The lowest BCUT2D eigenvalue weighted by molar-refractivity contribution is -0.135. The predicted molar refractivity (Wildman–Crippen MR) is 93.0 cm³/mol. The van der Waals surface area contributed by atoms with E-state index in [9.17, 15) is 9.18 Å². The number of likely N-dealkylation sites (tertiary alicyclic amines) is 1. The lowest BCUT2D eigenvalue weighted by Crippen LogP contribution is -2.61. The van der Waals surface area contributed by atoms with E-state index in [1.54, 1.807) is 17.4 Å². The number of ether oxygens (including phenoxy) is 1. The summed E-state index contributed by atoms with van der Waals surface area (Å²) in [5, 5.41) is 4.01. The first-order valence-electron chi connectivity index (χ1n) is 7.84. The van der Waals surface area contributed by atoms with Gasteiger partial charge in [0.05, 0.1) is 11.2 Å². The normalized spacial score (nSPS) is 21.7. The highest BCUT2D eigenvalue weighted by molar-refractivity contribution is 8.01. The Labute approximate surface area is 148 Å². The van der Waals surface area contributed by atoms with Gasteiger partial charge >= 0.3 is 0 Å². The van der Waals surface area contributed by atoms with Crippen LogP contribution in [0.15, 0.2) is 35.2 Å². The van der Waals surface area contributed by atoms with E-state index in [1.807, 2.05) is 33.5 Å². The molecule has 2 saturated heterocycles. The number of hydrogen-bond acceptors (Lipinski definition) is 5. The molecule has 2 aliphatic rings. The molecule has 1 atom stereocenters. The van der Waals surface area contributed by atoms with Gasteiger partial charge in [-0.05, 0) is 34.5 Å². The molecule has 0 N–H and O–H groups in total. The zero-order chi connectivity index (χ0) is 16.6. The first kappa shape index (κ1) is 15.9. The number of carbonyl (C=O) groups is 1. The van der Waals surface area contributed by atoms with Gasteiger partial charge in [0.2, 0.25) is 5.91 Å². The largest absolute Gasteiger partial charge is 0.471 e. The second-order valence-electron chi connectivity index (χ2n) is 6.29. The zero-order valence-electron chi connectivity index (χ0n) is 13.0. The van der Waals surface area contributed by atoms with Crippen LogP contribution in [-0.2, 0) is 11.2 Å². The monoisotopic (exact) mass is 364 g/mol. The van der Waals surface area contributed by atoms with Gasteiger partial charge in [0.25, 0.3) is 5.88 Å². The van der Waals surface area contributed by atoms with Crippen molar-refractivity contribution in [1.29, 1.82) is 0 Å². The van der Waals surface area contributed by atoms with E-state index in [0.29, 0.717) is 6.42 Å². The lowest BCUT2D eigenvalue weighted by Gasteiger charge is -2.47. The van der Waals surface area contributed by atoms with Crippen molar-refractivity contribution in [3.8, 4) is 5.88 Å². The molecule has 0 unspecified atom stereocenters. The lowest BCUT2D eigenvalue weighted by atomic mass is 9.92. The number of thioether (sulfide) groups is 1. The number of rotatable bonds is 4. The van der Waals surface area contributed by atoms with E-state index in [2.05, 4.69) is 4.98 Å². The van der Waals surface area contributed by atoms with Crippen LogP contribution in [0.25, 0.3) is 0 Å². The molecule has 4 nitrogen and oxygen atoms in total. The molecule has 126 valence electrons. The summed E-state index contributed by atoms with van der Waals surface area (Å²) in [5.41, 5.74) is 1.08. The van der Waals surface area contributed by atoms with Crippen LogP contribution in [0.3, 0.4) is 0 Å². The Bertz CT molecular complexity index is 732. The van der Waals surface area contributed by atoms with Crippen LogP contribution in [0.4, 0.5) is 4.39 Å². The highest BCUT2D eigenvalue weighted by atomic mass is 32.2. The van der Waals surface area contributed by atoms with Gasteiger partial charge in [-0.1, -0.05) is 0 Å². The van der Waals surface area contributed by atoms with Gasteiger partial charge in [-0.2, -0.15) is 11.3 Å². The van der Waals surface area contributed by atoms with Crippen LogP contribution in [-0.4, -0.2) is 45.5 Å². The minimum atomic E-state index is -0.426. The summed E-state index contributed by atoms with van der Waals surface area (Å²) in [6, 6.07) is 4.90. The molecule has 1 spiro atoms. The fourth-order valence-corrected chi connectivity index (χ4v) is 5.41. The molecule has 1 amide bonds. The second-order valence-corrected chi connectivity index (χ2v) is 8.55. The van der Waals surface area contributed by atoms with Gasteiger partial charge in [0, 0.05) is 31.5 Å². The molecule has 0 aliphatic carbocycles. The molecule has 7 heteroatoms. The van der Waals surface area contributed by atoms with Crippen molar-refractivity contribution in [2.75, 3.05) is 18.8 Å². The Morgan fingerprint density at radius 3 is 3.08 bits per heavy atom. The molecule has 0 bridgehead atoms. The predicted octanol–water partition coefficient (Wildman–Crippen LogP) is 2.99. The quantitative estimate of drug-likeness (QED) is 0.836. The maximum atomic E-state index is 13.6. The Morgan fingerprint density at radius 1 is 1.46 bits per heavy atom. The minimum Gasteiger partial charge on any atom is -0.471 e. The molecule has 4 rings (SSSR count).